The van der Waals surface area contributed by atoms with E-state index in [1.807, 2.05) is 29.9 Å². The predicted octanol–water partition coefficient (Wildman–Crippen LogP) is 4.04. The monoisotopic (exact) mass is 398 g/mol. The van der Waals surface area contributed by atoms with E-state index in [0.717, 1.165) is 53.6 Å². The minimum absolute atomic E-state index is 0.311. The predicted molar refractivity (Wildman–Crippen MR) is 117 cm³/mol. The number of imidazole rings is 1. The number of rotatable bonds is 4. The van der Waals surface area contributed by atoms with Gasteiger partial charge < -0.3 is 0 Å². The van der Waals surface area contributed by atoms with Crippen molar-refractivity contribution in [1.29, 1.82) is 0 Å². The molecular formula is C24H26N6. The zero-order valence-electron chi connectivity index (χ0n) is 17.7. The van der Waals surface area contributed by atoms with E-state index in [4.69, 9.17) is 10.1 Å². The Balaban J connectivity index is 1.49. The molecule has 4 aromatic rings. The van der Waals surface area contributed by atoms with E-state index in [-0.39, 0.29) is 0 Å². The fourth-order valence-electron chi connectivity index (χ4n) is 4.49. The molecule has 1 fully saturated rings. The first-order chi connectivity index (χ1) is 14.6. The topological polar surface area (TPSA) is 59.2 Å². The van der Waals surface area contributed by atoms with Crippen molar-refractivity contribution in [3.8, 4) is 11.4 Å². The summed E-state index contributed by atoms with van der Waals surface area (Å²) in [6.07, 6.45) is 5.54. The summed E-state index contributed by atoms with van der Waals surface area (Å²) in [5.74, 6) is 2.57. The van der Waals surface area contributed by atoms with Crippen LogP contribution in [0.1, 0.15) is 35.5 Å². The molecule has 0 bridgehead atoms. The van der Waals surface area contributed by atoms with Crippen molar-refractivity contribution < 1.29 is 0 Å². The molecule has 6 nitrogen and oxygen atoms in total. The van der Waals surface area contributed by atoms with E-state index in [2.05, 4.69) is 59.0 Å². The Morgan fingerprint density at radius 1 is 1.03 bits per heavy atom. The summed E-state index contributed by atoms with van der Waals surface area (Å²) < 4.78 is 1.96. The lowest BCUT2D eigenvalue weighted by Gasteiger charge is -2.16. The molecule has 1 aliphatic rings. The maximum absolute atomic E-state index is 4.98. The molecule has 1 aromatic carbocycles. The first-order valence-corrected chi connectivity index (χ1v) is 10.5. The minimum Gasteiger partial charge on any atom is -0.298 e. The average molecular weight is 399 g/mol. The van der Waals surface area contributed by atoms with Crippen LogP contribution in [0.25, 0.3) is 16.9 Å². The van der Waals surface area contributed by atoms with Crippen LogP contribution in [-0.2, 0) is 6.54 Å². The molecule has 0 amide bonds. The molecule has 0 N–H and O–H groups in total. The number of benzene rings is 1. The SMILES string of the molecule is Cc1cnccc1-c1ncc2c(C)nc(C3CN(Cc4ccccc4)CC3C)nn12. The molecule has 4 heterocycles. The van der Waals surface area contributed by atoms with E-state index < -0.39 is 0 Å². The number of aryl methyl sites for hydroxylation is 2. The molecule has 30 heavy (non-hydrogen) atoms. The smallest absolute Gasteiger partial charge is 0.161 e. The highest BCUT2D eigenvalue weighted by Crippen LogP contribution is 2.32. The zero-order chi connectivity index (χ0) is 20.7. The van der Waals surface area contributed by atoms with Crippen LogP contribution in [0.2, 0.25) is 0 Å². The number of hydrogen-bond donors (Lipinski definition) is 0. The fraction of sp³-hybridized carbons (Fsp3) is 0.333. The van der Waals surface area contributed by atoms with Crippen LogP contribution in [0.3, 0.4) is 0 Å². The van der Waals surface area contributed by atoms with Crippen LogP contribution in [0, 0.1) is 19.8 Å². The second kappa shape index (κ2) is 7.61. The van der Waals surface area contributed by atoms with Gasteiger partial charge in [0.05, 0.1) is 11.9 Å². The number of aromatic nitrogens is 5. The first kappa shape index (κ1) is 18.9. The van der Waals surface area contributed by atoms with Gasteiger partial charge >= 0.3 is 0 Å². The third-order valence-electron chi connectivity index (χ3n) is 6.12. The Hall–Kier alpha value is -3.12. The highest BCUT2D eigenvalue weighted by Gasteiger charge is 2.33. The van der Waals surface area contributed by atoms with Gasteiger partial charge in [0.1, 0.15) is 5.52 Å². The molecule has 1 saturated heterocycles. The minimum atomic E-state index is 0.311. The second-order valence-electron chi connectivity index (χ2n) is 8.39. The summed E-state index contributed by atoms with van der Waals surface area (Å²) in [5, 5.41) is 4.98. The Kier molecular flexibility index (Phi) is 4.79. The van der Waals surface area contributed by atoms with Gasteiger partial charge in [-0.25, -0.2) is 14.5 Å². The number of hydrogen-bond acceptors (Lipinski definition) is 5. The van der Waals surface area contributed by atoms with Gasteiger partial charge in [0.15, 0.2) is 11.6 Å². The van der Waals surface area contributed by atoms with Crippen molar-refractivity contribution in [1.82, 2.24) is 29.5 Å². The summed E-state index contributed by atoms with van der Waals surface area (Å²) in [6.45, 7) is 9.40. The summed E-state index contributed by atoms with van der Waals surface area (Å²) in [7, 11) is 0. The fourth-order valence-corrected chi connectivity index (χ4v) is 4.49. The molecule has 2 unspecified atom stereocenters. The van der Waals surface area contributed by atoms with Gasteiger partial charge in [-0.15, -0.1) is 0 Å². The Morgan fingerprint density at radius 2 is 1.87 bits per heavy atom. The van der Waals surface area contributed by atoms with Crippen molar-refractivity contribution in [2.75, 3.05) is 13.1 Å². The molecule has 0 spiro atoms. The van der Waals surface area contributed by atoms with Gasteiger partial charge in [-0.2, -0.15) is 5.10 Å². The number of pyridine rings is 1. The molecule has 0 saturated carbocycles. The largest absolute Gasteiger partial charge is 0.298 e. The van der Waals surface area contributed by atoms with Crippen molar-refractivity contribution in [2.24, 2.45) is 5.92 Å². The molecule has 5 rings (SSSR count). The third kappa shape index (κ3) is 3.37. The van der Waals surface area contributed by atoms with Crippen LogP contribution < -0.4 is 0 Å². The van der Waals surface area contributed by atoms with Crippen LogP contribution in [0.4, 0.5) is 0 Å². The highest BCUT2D eigenvalue weighted by molar-refractivity contribution is 5.65. The Labute approximate surface area is 176 Å². The van der Waals surface area contributed by atoms with E-state index >= 15 is 0 Å². The van der Waals surface area contributed by atoms with E-state index in [1.165, 1.54) is 5.56 Å². The quantitative estimate of drug-likeness (QED) is 0.519. The third-order valence-corrected chi connectivity index (χ3v) is 6.12. The van der Waals surface area contributed by atoms with Gasteiger partial charge in [-0.3, -0.25) is 9.88 Å². The van der Waals surface area contributed by atoms with E-state index in [1.54, 1.807) is 6.20 Å². The normalized spacial score (nSPS) is 19.6. The highest BCUT2D eigenvalue weighted by atomic mass is 15.3. The molecule has 6 heteroatoms. The molecule has 3 aromatic heterocycles. The Morgan fingerprint density at radius 3 is 2.67 bits per heavy atom. The van der Waals surface area contributed by atoms with Crippen molar-refractivity contribution in [2.45, 2.75) is 33.2 Å². The van der Waals surface area contributed by atoms with Crippen LogP contribution in [0.15, 0.2) is 55.0 Å². The van der Waals surface area contributed by atoms with Crippen LogP contribution in [0.5, 0.6) is 0 Å². The number of fused-ring (bicyclic) bond motifs is 1. The molecule has 1 aliphatic heterocycles. The molecule has 0 aliphatic carbocycles. The molecule has 2 atom stereocenters. The van der Waals surface area contributed by atoms with Crippen molar-refractivity contribution in [3.63, 3.8) is 0 Å². The molecule has 0 radical (unpaired) electrons. The maximum atomic E-state index is 4.98. The van der Waals surface area contributed by atoms with E-state index in [9.17, 15) is 0 Å². The summed E-state index contributed by atoms with van der Waals surface area (Å²) in [5.41, 5.74) is 5.42. The van der Waals surface area contributed by atoms with Gasteiger partial charge in [0.25, 0.3) is 0 Å². The second-order valence-corrected chi connectivity index (χ2v) is 8.39. The Bertz CT molecular complexity index is 1180. The van der Waals surface area contributed by atoms with Crippen molar-refractivity contribution >= 4 is 5.52 Å². The maximum Gasteiger partial charge on any atom is 0.161 e. The standard InChI is InChI=1S/C24H26N6/c1-16-11-25-10-9-20(16)24-26-12-22-18(3)27-23(28-30(22)24)21-15-29(13-17(21)2)14-19-7-5-4-6-8-19/h4-12,17,21H,13-15H2,1-3H3. The lowest BCUT2D eigenvalue weighted by atomic mass is 9.97. The number of likely N-dealkylation sites (tertiary alicyclic amines) is 1. The summed E-state index contributed by atoms with van der Waals surface area (Å²) >= 11 is 0. The van der Waals surface area contributed by atoms with Crippen molar-refractivity contribution in [3.05, 3.63) is 77.6 Å². The van der Waals surface area contributed by atoms with Crippen LogP contribution in [-0.4, -0.2) is 42.6 Å². The van der Waals surface area contributed by atoms with E-state index in [0.29, 0.717) is 11.8 Å². The zero-order valence-corrected chi connectivity index (χ0v) is 17.7. The van der Waals surface area contributed by atoms with Crippen LogP contribution >= 0.6 is 0 Å². The van der Waals surface area contributed by atoms with Gasteiger partial charge in [0.2, 0.25) is 0 Å². The average Bonchev–Trinajstić information content (AvgIpc) is 3.33. The molecule has 152 valence electrons. The lowest BCUT2D eigenvalue weighted by molar-refractivity contribution is 0.318. The summed E-state index contributed by atoms with van der Waals surface area (Å²) in [4.78, 5) is 16.3. The van der Waals surface area contributed by atoms with Gasteiger partial charge in [-0.1, -0.05) is 37.3 Å². The first-order valence-electron chi connectivity index (χ1n) is 10.5. The number of nitrogens with zero attached hydrogens (tertiary/aromatic N) is 6. The summed E-state index contributed by atoms with van der Waals surface area (Å²) in [6, 6.07) is 12.7. The van der Waals surface area contributed by atoms with Gasteiger partial charge in [0, 0.05) is 43.5 Å². The molecular weight excluding hydrogens is 372 g/mol. The lowest BCUT2D eigenvalue weighted by Crippen LogP contribution is -2.20. The van der Waals surface area contributed by atoms with Gasteiger partial charge in [-0.05, 0) is 37.0 Å².